The molecule has 136 valence electrons. The summed E-state index contributed by atoms with van der Waals surface area (Å²) in [7, 11) is 1.76. The van der Waals surface area contributed by atoms with E-state index < -0.39 is 5.79 Å². The maximum absolute atomic E-state index is 6.28. The maximum atomic E-state index is 6.28. The van der Waals surface area contributed by atoms with Gasteiger partial charge in [0.2, 0.25) is 0 Å². The van der Waals surface area contributed by atoms with Gasteiger partial charge in [0.15, 0.2) is 5.79 Å². The van der Waals surface area contributed by atoms with Crippen molar-refractivity contribution in [2.75, 3.05) is 20.3 Å². The normalized spacial score (nSPS) is 41.2. The van der Waals surface area contributed by atoms with E-state index in [2.05, 4.69) is 41.1 Å². The topological polar surface area (TPSA) is 27.7 Å². The lowest BCUT2D eigenvalue weighted by atomic mass is 9.55. The smallest absolute Gasteiger partial charge is 0.186 e. The lowest BCUT2D eigenvalue weighted by Gasteiger charge is -2.52. The van der Waals surface area contributed by atoms with Crippen molar-refractivity contribution in [3.05, 3.63) is 29.3 Å². The third-order valence-electron chi connectivity index (χ3n) is 7.71. The van der Waals surface area contributed by atoms with Crippen molar-refractivity contribution in [3.63, 3.8) is 0 Å². The molecule has 0 aromatic heterocycles. The van der Waals surface area contributed by atoms with Crippen LogP contribution in [0.1, 0.15) is 49.7 Å². The van der Waals surface area contributed by atoms with E-state index in [0.29, 0.717) is 16.7 Å². The largest absolute Gasteiger partial charge is 0.497 e. The number of fused-ring (bicyclic) bond motifs is 6. The monoisotopic (exact) mass is 406 g/mol. The fourth-order valence-electron chi connectivity index (χ4n) is 6.55. The highest BCUT2D eigenvalue weighted by molar-refractivity contribution is 9.09. The van der Waals surface area contributed by atoms with Gasteiger partial charge in [0, 0.05) is 5.41 Å². The lowest BCUT2D eigenvalue weighted by Crippen LogP contribution is -2.53. The zero-order chi connectivity index (χ0) is 17.2. The Hall–Kier alpha value is -0.580. The van der Waals surface area contributed by atoms with Crippen LogP contribution in [0.3, 0.4) is 0 Å². The van der Waals surface area contributed by atoms with Crippen molar-refractivity contribution in [1.29, 1.82) is 0 Å². The van der Waals surface area contributed by atoms with E-state index in [1.54, 1.807) is 12.7 Å². The van der Waals surface area contributed by atoms with Crippen molar-refractivity contribution in [2.45, 2.75) is 55.6 Å². The Morgan fingerprint density at radius 2 is 2.00 bits per heavy atom. The van der Waals surface area contributed by atoms with E-state index in [4.69, 9.17) is 14.2 Å². The highest BCUT2D eigenvalue weighted by Crippen LogP contribution is 2.67. The van der Waals surface area contributed by atoms with Gasteiger partial charge in [-0.1, -0.05) is 28.9 Å². The second kappa shape index (κ2) is 5.71. The highest BCUT2D eigenvalue weighted by Gasteiger charge is 2.68. The van der Waals surface area contributed by atoms with Crippen LogP contribution < -0.4 is 4.74 Å². The first kappa shape index (κ1) is 16.6. The molecule has 25 heavy (non-hydrogen) atoms. The summed E-state index contributed by atoms with van der Waals surface area (Å²) >= 11 is 3.95. The summed E-state index contributed by atoms with van der Waals surface area (Å²) < 4.78 is 18.0. The Balaban J connectivity index is 1.51. The van der Waals surface area contributed by atoms with Crippen LogP contribution in [0.5, 0.6) is 5.75 Å². The summed E-state index contributed by atoms with van der Waals surface area (Å²) in [5.74, 6) is 2.69. The molecule has 0 amide bonds. The predicted octanol–water partition coefficient (Wildman–Crippen LogP) is 4.67. The molecule has 4 aliphatic rings. The zero-order valence-corrected chi connectivity index (χ0v) is 16.7. The molecule has 1 aromatic rings. The molecule has 3 nitrogen and oxygen atoms in total. The Morgan fingerprint density at radius 1 is 1.20 bits per heavy atom. The van der Waals surface area contributed by atoms with Crippen LogP contribution in [-0.4, -0.2) is 30.9 Å². The van der Waals surface area contributed by atoms with Gasteiger partial charge in [0.1, 0.15) is 5.75 Å². The summed E-state index contributed by atoms with van der Waals surface area (Å²) in [6.45, 7) is 3.91. The summed E-state index contributed by atoms with van der Waals surface area (Å²) in [5.41, 5.74) is 3.20. The van der Waals surface area contributed by atoms with Gasteiger partial charge < -0.3 is 14.2 Å². The third-order valence-corrected chi connectivity index (χ3v) is 8.69. The molecule has 3 aliphatic carbocycles. The molecule has 3 fully saturated rings. The van der Waals surface area contributed by atoms with Crippen LogP contribution in [0, 0.1) is 17.3 Å². The Morgan fingerprint density at radius 3 is 2.76 bits per heavy atom. The number of methoxy groups -OCH3 is 1. The lowest BCUT2D eigenvalue weighted by molar-refractivity contribution is -0.233. The number of benzene rings is 1. The summed E-state index contributed by atoms with van der Waals surface area (Å²) in [6, 6.07) is 6.72. The van der Waals surface area contributed by atoms with Gasteiger partial charge in [-0.2, -0.15) is 0 Å². The third kappa shape index (κ3) is 2.11. The van der Waals surface area contributed by atoms with Crippen molar-refractivity contribution < 1.29 is 14.2 Å². The number of hydrogen-bond acceptors (Lipinski definition) is 3. The Bertz CT molecular complexity index is 684. The fraction of sp³-hybridized carbons (Fsp3) is 0.714. The average Bonchev–Trinajstić information content (AvgIpc) is 3.21. The van der Waals surface area contributed by atoms with Crippen molar-refractivity contribution >= 4 is 15.9 Å². The molecule has 1 spiro atoms. The first-order valence-electron chi connectivity index (χ1n) is 9.68. The van der Waals surface area contributed by atoms with Crippen molar-refractivity contribution in [1.82, 2.24) is 0 Å². The quantitative estimate of drug-likeness (QED) is 0.634. The van der Waals surface area contributed by atoms with E-state index in [-0.39, 0.29) is 5.41 Å². The average molecular weight is 407 g/mol. The summed E-state index contributed by atoms with van der Waals surface area (Å²) in [4.78, 5) is 0.313. The molecular formula is C21H27BrO3. The first-order valence-corrected chi connectivity index (χ1v) is 10.6. The van der Waals surface area contributed by atoms with Crippen LogP contribution in [-0.2, 0) is 15.9 Å². The Kier molecular flexibility index (Phi) is 3.79. The molecule has 4 unspecified atom stereocenters. The number of ether oxygens (including phenoxy) is 3. The highest BCUT2D eigenvalue weighted by atomic mass is 79.9. The van der Waals surface area contributed by atoms with Crippen molar-refractivity contribution in [3.8, 4) is 5.75 Å². The second-order valence-corrected chi connectivity index (χ2v) is 9.61. The molecule has 5 atom stereocenters. The molecule has 0 radical (unpaired) electrons. The molecule has 2 saturated carbocycles. The molecule has 1 aromatic carbocycles. The summed E-state index contributed by atoms with van der Waals surface area (Å²) in [5, 5.41) is 0. The second-order valence-electron chi connectivity index (χ2n) is 8.50. The molecule has 1 heterocycles. The first-order chi connectivity index (χ1) is 12.1. The van der Waals surface area contributed by atoms with Crippen LogP contribution in [0.4, 0.5) is 0 Å². The van der Waals surface area contributed by atoms with Gasteiger partial charge in [0.25, 0.3) is 0 Å². The number of alkyl halides is 1. The predicted molar refractivity (Wildman–Crippen MR) is 100 cm³/mol. The Labute approximate surface area is 158 Å². The molecule has 0 bridgehead atoms. The minimum atomic E-state index is -0.400. The SMILES string of the molecule is COc1ccc2c(c1)CCC1C2CC[C@@]2(C)C1CC(Br)C21OCCO1. The van der Waals surface area contributed by atoms with Gasteiger partial charge in [-0.3, -0.25) is 0 Å². The maximum Gasteiger partial charge on any atom is 0.186 e. The summed E-state index contributed by atoms with van der Waals surface area (Å²) in [6.07, 6.45) is 6.05. The molecule has 1 saturated heterocycles. The van der Waals surface area contributed by atoms with Crippen LogP contribution in [0.25, 0.3) is 0 Å². The van der Waals surface area contributed by atoms with Crippen LogP contribution in [0.2, 0.25) is 0 Å². The number of halogens is 1. The van der Waals surface area contributed by atoms with E-state index in [0.717, 1.165) is 24.9 Å². The molecule has 4 heteroatoms. The molecule has 1 aliphatic heterocycles. The van der Waals surface area contributed by atoms with Gasteiger partial charge in [-0.15, -0.1) is 0 Å². The minimum Gasteiger partial charge on any atom is -0.497 e. The molecular weight excluding hydrogens is 380 g/mol. The fourth-order valence-corrected chi connectivity index (χ4v) is 7.74. The zero-order valence-electron chi connectivity index (χ0n) is 15.1. The minimum absolute atomic E-state index is 0.128. The van der Waals surface area contributed by atoms with Gasteiger partial charge in [0.05, 0.1) is 25.2 Å². The van der Waals surface area contributed by atoms with Crippen molar-refractivity contribution in [2.24, 2.45) is 17.3 Å². The molecule has 0 N–H and O–H groups in total. The van der Waals surface area contributed by atoms with Crippen LogP contribution >= 0.6 is 15.9 Å². The van der Waals surface area contributed by atoms with E-state index in [1.165, 1.54) is 37.7 Å². The number of rotatable bonds is 1. The van der Waals surface area contributed by atoms with Gasteiger partial charge in [-0.25, -0.2) is 0 Å². The van der Waals surface area contributed by atoms with E-state index in [9.17, 15) is 0 Å². The number of aryl methyl sites for hydroxylation is 1. The van der Waals surface area contributed by atoms with Gasteiger partial charge >= 0.3 is 0 Å². The van der Waals surface area contributed by atoms with Crippen LogP contribution in [0.15, 0.2) is 18.2 Å². The molecule has 5 rings (SSSR count). The standard InChI is InChI=1S/C21H27BrO3/c1-20-8-7-16-15-6-4-14(23-2)11-13(15)3-5-17(16)18(20)12-19(22)21(20)24-9-10-25-21/h4,6,11,16-19H,3,5,7-10,12H2,1-2H3/t16?,17?,18?,19?,20-/m0/s1. The number of hydrogen-bond donors (Lipinski definition) is 0. The van der Waals surface area contributed by atoms with E-state index in [1.807, 2.05) is 0 Å². The van der Waals surface area contributed by atoms with E-state index >= 15 is 0 Å². The van der Waals surface area contributed by atoms with Gasteiger partial charge in [-0.05, 0) is 73.1 Å².